The van der Waals surface area contributed by atoms with Gasteiger partial charge in [0.05, 0.1) is 14.2 Å². The third-order valence-electron chi connectivity index (χ3n) is 3.98. The molecule has 6 heteroatoms. The minimum absolute atomic E-state index is 0.150. The van der Waals surface area contributed by atoms with Crippen LogP contribution in [0.3, 0.4) is 0 Å². The Hall–Kier alpha value is -2.89. The summed E-state index contributed by atoms with van der Waals surface area (Å²) in [6, 6.07) is 11.0. The Balaban J connectivity index is 1.51. The molecule has 1 N–H and O–H groups in total. The van der Waals surface area contributed by atoms with Crippen LogP contribution in [0.25, 0.3) is 0 Å². The van der Waals surface area contributed by atoms with E-state index < -0.39 is 0 Å². The molecule has 0 radical (unpaired) electrons. The number of benzene rings is 2. The van der Waals surface area contributed by atoms with Gasteiger partial charge in [-0.3, -0.25) is 4.79 Å². The van der Waals surface area contributed by atoms with Crippen molar-refractivity contribution < 1.29 is 23.7 Å². The molecule has 3 rings (SSSR count). The fraction of sp³-hybridized carbons (Fsp3) is 0.316. The van der Waals surface area contributed by atoms with Crippen LogP contribution in [-0.4, -0.2) is 33.5 Å². The lowest BCUT2D eigenvalue weighted by Gasteiger charge is -2.09. The van der Waals surface area contributed by atoms with E-state index >= 15 is 0 Å². The number of methoxy groups -OCH3 is 2. The quantitative estimate of drug-likeness (QED) is 0.783. The Kier molecular flexibility index (Phi) is 5.28. The summed E-state index contributed by atoms with van der Waals surface area (Å²) in [6.45, 7) is 0.853. The molecule has 132 valence electrons. The summed E-state index contributed by atoms with van der Waals surface area (Å²) >= 11 is 0. The molecule has 0 bridgehead atoms. The molecule has 1 amide bonds. The normalized spacial score (nSPS) is 11.9. The molecule has 1 aliphatic heterocycles. The number of amides is 1. The lowest BCUT2D eigenvalue weighted by atomic mass is 10.1. The summed E-state index contributed by atoms with van der Waals surface area (Å²) in [5.41, 5.74) is 1.67. The molecule has 1 heterocycles. The summed E-state index contributed by atoms with van der Waals surface area (Å²) in [4.78, 5) is 12.3. The van der Waals surface area contributed by atoms with Gasteiger partial charge in [-0.15, -0.1) is 0 Å². The van der Waals surface area contributed by atoms with Gasteiger partial charge in [-0.05, 0) is 42.7 Å². The molecule has 0 aromatic heterocycles. The van der Waals surface area contributed by atoms with E-state index in [1.165, 1.54) is 0 Å². The summed E-state index contributed by atoms with van der Waals surface area (Å²) in [6.07, 6.45) is 1.67. The minimum atomic E-state index is -0.150. The van der Waals surface area contributed by atoms with Gasteiger partial charge in [0.1, 0.15) is 11.5 Å². The zero-order valence-electron chi connectivity index (χ0n) is 14.3. The largest absolute Gasteiger partial charge is 0.497 e. The highest BCUT2D eigenvalue weighted by atomic mass is 16.7. The molecule has 0 saturated carbocycles. The van der Waals surface area contributed by atoms with Crippen molar-refractivity contribution in [3.8, 4) is 23.0 Å². The highest BCUT2D eigenvalue weighted by molar-refractivity contribution is 5.95. The lowest BCUT2D eigenvalue weighted by Crippen LogP contribution is -2.24. The number of nitrogens with one attached hydrogen (secondary N) is 1. The molecule has 0 atom stereocenters. The number of fused-ring (bicyclic) bond motifs is 1. The lowest BCUT2D eigenvalue weighted by molar-refractivity contribution is 0.0952. The molecule has 2 aromatic rings. The summed E-state index contributed by atoms with van der Waals surface area (Å²) < 4.78 is 21.0. The maximum Gasteiger partial charge on any atom is 0.251 e. The summed E-state index contributed by atoms with van der Waals surface area (Å²) in [5.74, 6) is 2.59. The van der Waals surface area contributed by atoms with Crippen molar-refractivity contribution >= 4 is 5.91 Å². The molecular formula is C19H21NO5. The van der Waals surface area contributed by atoms with Gasteiger partial charge in [-0.1, -0.05) is 6.07 Å². The molecule has 6 nitrogen and oxygen atoms in total. The molecule has 25 heavy (non-hydrogen) atoms. The van der Waals surface area contributed by atoms with Crippen LogP contribution in [0.2, 0.25) is 0 Å². The molecule has 0 spiro atoms. The van der Waals surface area contributed by atoms with Crippen LogP contribution in [0.5, 0.6) is 23.0 Å². The van der Waals surface area contributed by atoms with Gasteiger partial charge in [0.25, 0.3) is 5.91 Å². The highest BCUT2D eigenvalue weighted by Gasteiger charge is 2.13. The van der Waals surface area contributed by atoms with Crippen molar-refractivity contribution in [3.63, 3.8) is 0 Å². The number of aryl methyl sites for hydroxylation is 1. The number of rotatable bonds is 7. The Labute approximate surface area is 146 Å². The van der Waals surface area contributed by atoms with E-state index in [4.69, 9.17) is 18.9 Å². The van der Waals surface area contributed by atoms with Crippen LogP contribution in [-0.2, 0) is 6.42 Å². The number of hydrogen-bond acceptors (Lipinski definition) is 5. The van der Waals surface area contributed by atoms with Crippen molar-refractivity contribution in [2.24, 2.45) is 0 Å². The second kappa shape index (κ2) is 7.79. The summed E-state index contributed by atoms with van der Waals surface area (Å²) in [5, 5.41) is 2.92. The molecule has 0 unspecified atom stereocenters. The van der Waals surface area contributed by atoms with Gasteiger partial charge < -0.3 is 24.3 Å². The van der Waals surface area contributed by atoms with E-state index in [1.807, 2.05) is 18.2 Å². The standard InChI is InChI=1S/C19H21NO5/c1-22-15-9-14(10-16(11-15)23-2)19(21)20-7-3-4-13-5-6-17-18(8-13)25-12-24-17/h5-6,8-11H,3-4,7,12H2,1-2H3,(H,20,21). The zero-order valence-corrected chi connectivity index (χ0v) is 14.3. The predicted octanol–water partition coefficient (Wildman–Crippen LogP) is 2.80. The van der Waals surface area contributed by atoms with Gasteiger partial charge in [-0.25, -0.2) is 0 Å². The topological polar surface area (TPSA) is 66.0 Å². The highest BCUT2D eigenvalue weighted by Crippen LogP contribution is 2.32. The minimum Gasteiger partial charge on any atom is -0.497 e. The van der Waals surface area contributed by atoms with Gasteiger partial charge >= 0.3 is 0 Å². The second-order valence-electron chi connectivity index (χ2n) is 5.65. The molecule has 0 saturated heterocycles. The number of carbonyl (C=O) groups is 1. The third-order valence-corrected chi connectivity index (χ3v) is 3.98. The van der Waals surface area contributed by atoms with Crippen molar-refractivity contribution in [3.05, 3.63) is 47.5 Å². The average molecular weight is 343 g/mol. The van der Waals surface area contributed by atoms with Crippen molar-refractivity contribution in [2.45, 2.75) is 12.8 Å². The van der Waals surface area contributed by atoms with Crippen LogP contribution in [0.4, 0.5) is 0 Å². The fourth-order valence-corrected chi connectivity index (χ4v) is 2.63. The van der Waals surface area contributed by atoms with E-state index in [9.17, 15) is 4.79 Å². The van der Waals surface area contributed by atoms with Crippen molar-refractivity contribution in [1.29, 1.82) is 0 Å². The Morgan fingerprint density at radius 3 is 2.48 bits per heavy atom. The Bertz CT molecular complexity index is 737. The molecule has 0 aliphatic carbocycles. The molecule has 2 aromatic carbocycles. The smallest absolute Gasteiger partial charge is 0.251 e. The van der Waals surface area contributed by atoms with E-state index in [0.29, 0.717) is 23.6 Å². The number of carbonyl (C=O) groups excluding carboxylic acids is 1. The van der Waals surface area contributed by atoms with E-state index in [2.05, 4.69) is 5.32 Å². The maximum atomic E-state index is 12.3. The molecule has 0 fully saturated rings. The van der Waals surface area contributed by atoms with E-state index in [-0.39, 0.29) is 12.7 Å². The first-order valence-electron chi connectivity index (χ1n) is 8.09. The van der Waals surface area contributed by atoms with Crippen LogP contribution in [0, 0.1) is 0 Å². The van der Waals surface area contributed by atoms with E-state index in [1.54, 1.807) is 32.4 Å². The first-order chi connectivity index (χ1) is 12.2. The zero-order chi connectivity index (χ0) is 17.6. The van der Waals surface area contributed by atoms with Crippen LogP contribution >= 0.6 is 0 Å². The first kappa shape index (κ1) is 17.0. The van der Waals surface area contributed by atoms with Crippen LogP contribution in [0.15, 0.2) is 36.4 Å². The Morgan fingerprint density at radius 1 is 1.04 bits per heavy atom. The maximum absolute atomic E-state index is 12.3. The SMILES string of the molecule is COc1cc(OC)cc(C(=O)NCCCc2ccc3c(c2)OCO3)c1. The van der Waals surface area contributed by atoms with Crippen LogP contribution in [0.1, 0.15) is 22.3 Å². The fourth-order valence-electron chi connectivity index (χ4n) is 2.63. The van der Waals surface area contributed by atoms with Gasteiger partial charge in [0.2, 0.25) is 6.79 Å². The first-order valence-corrected chi connectivity index (χ1v) is 8.09. The second-order valence-corrected chi connectivity index (χ2v) is 5.65. The monoisotopic (exact) mass is 343 g/mol. The average Bonchev–Trinajstić information content (AvgIpc) is 3.12. The van der Waals surface area contributed by atoms with E-state index in [0.717, 1.165) is 29.9 Å². The van der Waals surface area contributed by atoms with Crippen LogP contribution < -0.4 is 24.3 Å². The van der Waals surface area contributed by atoms with Crippen molar-refractivity contribution in [1.82, 2.24) is 5.32 Å². The third kappa shape index (κ3) is 4.15. The predicted molar refractivity (Wildman–Crippen MR) is 92.8 cm³/mol. The van der Waals surface area contributed by atoms with Gasteiger partial charge in [0, 0.05) is 18.2 Å². The van der Waals surface area contributed by atoms with Gasteiger partial charge in [-0.2, -0.15) is 0 Å². The molecule has 1 aliphatic rings. The van der Waals surface area contributed by atoms with Gasteiger partial charge in [0.15, 0.2) is 11.5 Å². The van der Waals surface area contributed by atoms with Crippen molar-refractivity contribution in [2.75, 3.05) is 27.6 Å². The number of hydrogen-bond donors (Lipinski definition) is 1. The Morgan fingerprint density at radius 2 is 1.76 bits per heavy atom. The summed E-state index contributed by atoms with van der Waals surface area (Å²) in [7, 11) is 3.11. The molecular weight excluding hydrogens is 322 g/mol. The number of ether oxygens (including phenoxy) is 4.